The van der Waals surface area contributed by atoms with Crippen molar-refractivity contribution in [2.45, 2.75) is 26.2 Å². The van der Waals surface area contributed by atoms with Crippen LogP contribution in [0.25, 0.3) is 16.8 Å². The number of pyridine rings is 1. The fraction of sp³-hybridized carbons (Fsp3) is 0.280. The Bertz CT molecular complexity index is 1250. The van der Waals surface area contributed by atoms with Gasteiger partial charge in [0.15, 0.2) is 5.65 Å². The second-order valence-electron chi connectivity index (χ2n) is 7.97. The lowest BCUT2D eigenvalue weighted by Gasteiger charge is -2.12. The maximum absolute atomic E-state index is 6.32. The summed E-state index contributed by atoms with van der Waals surface area (Å²) < 4.78 is 7.76. The predicted octanol–water partition coefficient (Wildman–Crippen LogP) is 5.27. The molecule has 2 aromatic heterocycles. The van der Waals surface area contributed by atoms with Crippen molar-refractivity contribution in [3.8, 4) is 16.9 Å². The molecular weight excluding hydrogens is 422 g/mol. The van der Waals surface area contributed by atoms with E-state index in [1.54, 1.807) is 4.52 Å². The Morgan fingerprint density at radius 1 is 1.06 bits per heavy atom. The molecule has 32 heavy (non-hydrogen) atoms. The van der Waals surface area contributed by atoms with Crippen LogP contribution in [0.1, 0.15) is 24.5 Å². The number of benzene rings is 2. The molecule has 7 heteroatoms. The van der Waals surface area contributed by atoms with Gasteiger partial charge in [0.1, 0.15) is 5.75 Å². The highest BCUT2D eigenvalue weighted by atomic mass is 35.5. The lowest BCUT2D eigenvalue weighted by Crippen LogP contribution is -2.16. The van der Waals surface area contributed by atoms with Crippen molar-refractivity contribution < 1.29 is 4.74 Å². The molecule has 0 bridgehead atoms. The van der Waals surface area contributed by atoms with Crippen LogP contribution in [-0.2, 0) is 12.8 Å². The Hall–Kier alpha value is -3.09. The Morgan fingerprint density at radius 2 is 1.94 bits per heavy atom. The van der Waals surface area contributed by atoms with Gasteiger partial charge in [0.05, 0.1) is 6.61 Å². The number of halogens is 1. The second kappa shape index (κ2) is 9.18. The molecule has 0 radical (unpaired) electrons. The zero-order chi connectivity index (χ0) is 21.9. The molecule has 4 aromatic rings. The predicted molar refractivity (Wildman–Crippen MR) is 129 cm³/mol. The van der Waals surface area contributed by atoms with Gasteiger partial charge in [-0.2, -0.15) is 4.98 Å². The molecule has 6 nitrogen and oxygen atoms in total. The first kappa shape index (κ1) is 20.8. The summed E-state index contributed by atoms with van der Waals surface area (Å²) in [6.07, 6.45) is 4.93. The minimum atomic E-state index is 0.558. The van der Waals surface area contributed by atoms with Crippen LogP contribution in [0.2, 0.25) is 5.02 Å². The first-order valence-corrected chi connectivity index (χ1v) is 11.5. The molecule has 2 aromatic carbocycles. The van der Waals surface area contributed by atoms with Gasteiger partial charge < -0.3 is 15.4 Å². The summed E-state index contributed by atoms with van der Waals surface area (Å²) in [6, 6.07) is 16.2. The summed E-state index contributed by atoms with van der Waals surface area (Å²) in [5.41, 5.74) is 6.37. The van der Waals surface area contributed by atoms with Crippen molar-refractivity contribution in [2.75, 3.05) is 25.0 Å². The minimum absolute atomic E-state index is 0.558. The first-order valence-electron chi connectivity index (χ1n) is 11.1. The number of ether oxygens (including phenoxy) is 1. The summed E-state index contributed by atoms with van der Waals surface area (Å²) in [4.78, 5) is 4.80. The maximum atomic E-state index is 6.32. The molecule has 0 amide bonds. The fourth-order valence-electron chi connectivity index (χ4n) is 4.10. The van der Waals surface area contributed by atoms with Crippen LogP contribution in [0, 0.1) is 0 Å². The van der Waals surface area contributed by atoms with E-state index in [4.69, 9.17) is 21.3 Å². The molecule has 0 saturated heterocycles. The Kier molecular flexibility index (Phi) is 5.97. The van der Waals surface area contributed by atoms with Gasteiger partial charge in [-0.1, -0.05) is 24.6 Å². The van der Waals surface area contributed by atoms with E-state index in [9.17, 15) is 0 Å². The fourth-order valence-corrected chi connectivity index (χ4v) is 4.27. The van der Waals surface area contributed by atoms with E-state index in [0.29, 0.717) is 17.6 Å². The molecule has 2 N–H and O–H groups in total. The van der Waals surface area contributed by atoms with E-state index in [1.807, 2.05) is 36.5 Å². The van der Waals surface area contributed by atoms with Gasteiger partial charge in [0, 0.05) is 28.0 Å². The third kappa shape index (κ3) is 4.29. The topological polar surface area (TPSA) is 63.5 Å². The van der Waals surface area contributed by atoms with Crippen LogP contribution < -0.4 is 15.4 Å². The van der Waals surface area contributed by atoms with Gasteiger partial charge in [0.25, 0.3) is 0 Å². The number of hydrogen-bond acceptors (Lipinski definition) is 5. The van der Waals surface area contributed by atoms with Gasteiger partial charge in [-0.05, 0) is 85.9 Å². The molecule has 0 saturated carbocycles. The highest BCUT2D eigenvalue weighted by molar-refractivity contribution is 6.31. The molecule has 0 spiro atoms. The van der Waals surface area contributed by atoms with Crippen LogP contribution in [0.3, 0.4) is 0 Å². The van der Waals surface area contributed by atoms with Crippen LogP contribution in [0.15, 0.2) is 54.7 Å². The maximum Gasteiger partial charge on any atom is 0.247 e. The van der Waals surface area contributed by atoms with Crippen molar-refractivity contribution in [2.24, 2.45) is 0 Å². The largest absolute Gasteiger partial charge is 0.493 e. The smallest absolute Gasteiger partial charge is 0.247 e. The third-order valence-corrected chi connectivity index (χ3v) is 5.90. The van der Waals surface area contributed by atoms with E-state index < -0.39 is 0 Å². The number of nitrogens with zero attached hydrogens (tertiary/aromatic N) is 3. The highest BCUT2D eigenvalue weighted by Crippen LogP contribution is 2.35. The Balaban J connectivity index is 1.50. The zero-order valence-electron chi connectivity index (χ0n) is 18.1. The Labute approximate surface area is 192 Å². The van der Waals surface area contributed by atoms with Crippen molar-refractivity contribution in [1.82, 2.24) is 19.9 Å². The quantitative estimate of drug-likeness (QED) is 0.421. The average molecular weight is 448 g/mol. The van der Waals surface area contributed by atoms with Crippen molar-refractivity contribution in [3.63, 3.8) is 0 Å². The lowest BCUT2D eigenvalue weighted by atomic mass is 10.0. The summed E-state index contributed by atoms with van der Waals surface area (Å²) in [6.45, 7) is 4.77. The van der Waals surface area contributed by atoms with Crippen LogP contribution in [-0.4, -0.2) is 34.3 Å². The summed E-state index contributed by atoms with van der Waals surface area (Å²) in [5, 5.41) is 12.1. The Morgan fingerprint density at radius 3 is 2.81 bits per heavy atom. The average Bonchev–Trinajstić information content (AvgIpc) is 3.06. The molecule has 3 heterocycles. The minimum Gasteiger partial charge on any atom is -0.493 e. The highest BCUT2D eigenvalue weighted by Gasteiger charge is 2.15. The number of fused-ring (bicyclic) bond motifs is 2. The van der Waals surface area contributed by atoms with E-state index in [2.05, 4.69) is 40.9 Å². The standard InChI is InChI=1S/C25H26ClN5O/c1-2-14-32-23-8-6-19(26)16-22(23)21-4-3-13-31-24(21)29-25(30-31)28-20-7-5-17-9-11-27-12-10-18(17)15-20/h3-8,13,15-16,27H,2,9-12,14H2,1H3,(H,28,30). The molecule has 1 aliphatic heterocycles. The molecule has 1 aliphatic rings. The van der Waals surface area contributed by atoms with E-state index >= 15 is 0 Å². The van der Waals surface area contributed by atoms with E-state index in [0.717, 1.165) is 60.6 Å². The molecule has 0 unspecified atom stereocenters. The van der Waals surface area contributed by atoms with Gasteiger partial charge in [-0.3, -0.25) is 0 Å². The number of nitrogens with one attached hydrogen (secondary N) is 2. The SMILES string of the molecule is CCCOc1ccc(Cl)cc1-c1cccn2nc(Nc3ccc4c(c3)CCNCC4)nc12. The summed E-state index contributed by atoms with van der Waals surface area (Å²) in [5.74, 6) is 1.35. The molecule has 0 atom stereocenters. The summed E-state index contributed by atoms with van der Waals surface area (Å²) in [7, 11) is 0. The van der Waals surface area contributed by atoms with E-state index in [-0.39, 0.29) is 0 Å². The van der Waals surface area contributed by atoms with Crippen LogP contribution >= 0.6 is 11.6 Å². The number of anilines is 2. The van der Waals surface area contributed by atoms with Gasteiger partial charge in [0.2, 0.25) is 5.95 Å². The monoisotopic (exact) mass is 447 g/mol. The van der Waals surface area contributed by atoms with Crippen molar-refractivity contribution >= 4 is 28.9 Å². The van der Waals surface area contributed by atoms with Crippen LogP contribution in [0.5, 0.6) is 5.75 Å². The van der Waals surface area contributed by atoms with Crippen molar-refractivity contribution in [1.29, 1.82) is 0 Å². The van der Waals surface area contributed by atoms with Gasteiger partial charge in [-0.15, -0.1) is 5.10 Å². The first-order chi connectivity index (χ1) is 15.7. The second-order valence-corrected chi connectivity index (χ2v) is 8.41. The zero-order valence-corrected chi connectivity index (χ0v) is 18.8. The molecular formula is C25H26ClN5O. The normalized spacial score (nSPS) is 13.6. The van der Waals surface area contributed by atoms with Gasteiger partial charge in [-0.25, -0.2) is 4.52 Å². The number of rotatable bonds is 6. The molecule has 0 aliphatic carbocycles. The molecule has 5 rings (SSSR count). The third-order valence-electron chi connectivity index (χ3n) is 5.66. The number of aromatic nitrogens is 3. The molecule has 164 valence electrons. The van der Waals surface area contributed by atoms with Crippen LogP contribution in [0.4, 0.5) is 11.6 Å². The molecule has 0 fully saturated rings. The number of hydrogen-bond donors (Lipinski definition) is 2. The van der Waals surface area contributed by atoms with Crippen molar-refractivity contribution in [3.05, 3.63) is 70.9 Å². The lowest BCUT2D eigenvalue weighted by molar-refractivity contribution is 0.319. The van der Waals surface area contributed by atoms with Gasteiger partial charge >= 0.3 is 0 Å². The van der Waals surface area contributed by atoms with E-state index in [1.165, 1.54) is 11.1 Å². The summed E-state index contributed by atoms with van der Waals surface area (Å²) >= 11 is 6.32.